The van der Waals surface area contributed by atoms with Gasteiger partial charge in [-0.2, -0.15) is 0 Å². The van der Waals surface area contributed by atoms with Crippen LogP contribution in [-0.2, 0) is 11.3 Å². The first-order valence-electron chi connectivity index (χ1n) is 11.0. The normalized spacial score (nSPS) is 16.9. The number of anilines is 2. The first-order valence-corrected chi connectivity index (χ1v) is 13.0. The van der Waals surface area contributed by atoms with E-state index >= 15 is 0 Å². The monoisotopic (exact) mass is 581 g/mol. The summed E-state index contributed by atoms with van der Waals surface area (Å²) >= 11 is 19.8. The van der Waals surface area contributed by atoms with Crippen molar-refractivity contribution >= 4 is 75.5 Å². The van der Waals surface area contributed by atoms with Crippen LogP contribution in [0.3, 0.4) is 0 Å². The van der Waals surface area contributed by atoms with Gasteiger partial charge >= 0.3 is 0 Å². The molecule has 1 saturated heterocycles. The number of hydrogen-bond donors (Lipinski definition) is 3. The Kier molecular flexibility index (Phi) is 8.13. The number of carbonyl (C=O) groups is 2. The molecule has 0 radical (unpaired) electrons. The summed E-state index contributed by atoms with van der Waals surface area (Å²) in [5.74, 6) is -0.653. The average molecular weight is 583 g/mol. The van der Waals surface area contributed by atoms with Gasteiger partial charge in [0, 0.05) is 22.8 Å². The Labute approximate surface area is 232 Å². The van der Waals surface area contributed by atoms with E-state index in [1.165, 1.54) is 25.4 Å². The lowest BCUT2D eigenvalue weighted by atomic mass is 10.1. The molecule has 2 aromatic heterocycles. The van der Waals surface area contributed by atoms with E-state index in [-0.39, 0.29) is 55.9 Å². The topological polar surface area (TPSA) is 117 Å². The number of nitrogens with one attached hydrogen (secondary N) is 3. The van der Waals surface area contributed by atoms with Crippen LogP contribution in [0.25, 0.3) is 0 Å². The number of carbonyl (C=O) groups excluding carboxylic acids is 2. The number of nitrogens with zero attached hydrogens (tertiary/aromatic N) is 2. The Hall–Kier alpha value is -3.05. The van der Waals surface area contributed by atoms with Gasteiger partial charge in [-0.3, -0.25) is 15.0 Å². The highest BCUT2D eigenvalue weighted by molar-refractivity contribution is 7.13. The van der Waals surface area contributed by atoms with Crippen LogP contribution in [0.5, 0.6) is 5.75 Å². The molecule has 1 aliphatic heterocycles. The van der Waals surface area contributed by atoms with Crippen molar-refractivity contribution in [3.8, 4) is 5.75 Å². The minimum Gasteiger partial charge on any atom is -0.494 e. The molecule has 9 nitrogen and oxygen atoms in total. The van der Waals surface area contributed by atoms with Crippen LogP contribution < -0.4 is 15.4 Å². The predicted octanol–water partition coefficient (Wildman–Crippen LogP) is 6.16. The highest BCUT2D eigenvalue weighted by Crippen LogP contribution is 2.36. The minimum absolute atomic E-state index is 0.0183. The molecule has 2 amide bonds. The van der Waals surface area contributed by atoms with Gasteiger partial charge in [0.25, 0.3) is 17.8 Å². The van der Waals surface area contributed by atoms with Gasteiger partial charge in [-0.05, 0) is 37.4 Å². The van der Waals surface area contributed by atoms with Crippen molar-refractivity contribution in [3.63, 3.8) is 0 Å². The van der Waals surface area contributed by atoms with E-state index < -0.39 is 11.8 Å². The van der Waals surface area contributed by atoms with E-state index in [4.69, 9.17) is 49.7 Å². The van der Waals surface area contributed by atoms with E-state index in [1.54, 1.807) is 22.4 Å². The van der Waals surface area contributed by atoms with Crippen LogP contribution in [0.4, 0.5) is 11.5 Å². The summed E-state index contributed by atoms with van der Waals surface area (Å²) in [6, 6.07) is 6.06. The summed E-state index contributed by atoms with van der Waals surface area (Å²) in [5.41, 5.74) is 0.861. The molecule has 194 valence electrons. The molecule has 37 heavy (non-hydrogen) atoms. The summed E-state index contributed by atoms with van der Waals surface area (Å²) in [6.07, 6.45) is 1.27. The highest BCUT2D eigenvalue weighted by atomic mass is 35.5. The largest absolute Gasteiger partial charge is 0.494 e. The summed E-state index contributed by atoms with van der Waals surface area (Å²) in [5, 5.41) is 16.1. The number of rotatable bonds is 7. The van der Waals surface area contributed by atoms with Crippen molar-refractivity contribution in [2.45, 2.75) is 32.5 Å². The van der Waals surface area contributed by atoms with Crippen molar-refractivity contribution in [1.82, 2.24) is 9.88 Å². The fourth-order valence-electron chi connectivity index (χ4n) is 3.67. The first-order chi connectivity index (χ1) is 17.6. The molecule has 0 unspecified atom stereocenters. The van der Waals surface area contributed by atoms with E-state index in [1.807, 2.05) is 13.8 Å². The summed E-state index contributed by atoms with van der Waals surface area (Å²) in [4.78, 5) is 32.5. The van der Waals surface area contributed by atoms with Gasteiger partial charge < -0.3 is 25.0 Å². The van der Waals surface area contributed by atoms with Crippen LogP contribution in [0, 0.1) is 5.41 Å². The molecule has 0 aliphatic carbocycles. The Balaban J connectivity index is 1.59. The van der Waals surface area contributed by atoms with E-state index in [0.717, 1.165) is 11.3 Å². The van der Waals surface area contributed by atoms with E-state index in [0.29, 0.717) is 17.1 Å². The molecule has 3 aromatic rings. The molecule has 1 aliphatic rings. The predicted molar refractivity (Wildman–Crippen MR) is 146 cm³/mol. The van der Waals surface area contributed by atoms with Crippen LogP contribution >= 0.6 is 46.1 Å². The van der Waals surface area contributed by atoms with Gasteiger partial charge in [0.05, 0.1) is 41.0 Å². The van der Waals surface area contributed by atoms with Gasteiger partial charge in [0.2, 0.25) is 0 Å². The Morgan fingerprint density at radius 2 is 1.92 bits per heavy atom. The van der Waals surface area contributed by atoms with Crippen molar-refractivity contribution < 1.29 is 19.1 Å². The molecule has 3 N–H and O–H groups in total. The number of benzene rings is 1. The van der Waals surface area contributed by atoms with E-state index in [9.17, 15) is 9.59 Å². The van der Waals surface area contributed by atoms with Crippen molar-refractivity contribution in [2.24, 2.45) is 0 Å². The lowest BCUT2D eigenvalue weighted by Gasteiger charge is -2.20. The van der Waals surface area contributed by atoms with Crippen molar-refractivity contribution in [3.05, 3.63) is 66.9 Å². The average Bonchev–Trinajstić information content (AvgIpc) is 3.34. The quantitative estimate of drug-likeness (QED) is 0.307. The maximum atomic E-state index is 13.3. The zero-order chi connectivity index (χ0) is 26.9. The standard InChI is InChI=1S/C24H22Cl3N5O4S/c1-11-12(2)36-24(28)32(11)9-13-10-37-21(19(13)27)23(34)31-20-16(6-15(26)7-17(20)35-3)22(33)30-18-5-4-14(25)8-29-18/h4-8,10-12,28H,9H2,1-3H3,(H,31,34)(H,29,30,33)/t11-,12-/m0/s1. The lowest BCUT2D eigenvalue weighted by Crippen LogP contribution is -2.32. The summed E-state index contributed by atoms with van der Waals surface area (Å²) in [6.45, 7) is 4.17. The Bertz CT molecular complexity index is 1370. The fraction of sp³-hybridized carbons (Fsp3) is 0.250. The highest BCUT2D eigenvalue weighted by Gasteiger charge is 2.34. The van der Waals surface area contributed by atoms with E-state index in [2.05, 4.69) is 15.6 Å². The number of amidine groups is 1. The molecular formula is C24H22Cl3N5O4S. The molecule has 4 rings (SSSR count). The number of methoxy groups -OCH3 is 1. The van der Waals surface area contributed by atoms with Crippen molar-refractivity contribution in [1.29, 1.82) is 5.41 Å². The maximum absolute atomic E-state index is 13.3. The second-order valence-corrected chi connectivity index (χ2v) is 10.3. The van der Waals surface area contributed by atoms with Gasteiger partial charge in [-0.1, -0.05) is 34.8 Å². The molecule has 0 saturated carbocycles. The van der Waals surface area contributed by atoms with Crippen molar-refractivity contribution in [2.75, 3.05) is 17.7 Å². The molecule has 0 spiro atoms. The van der Waals surface area contributed by atoms with Gasteiger partial charge in [-0.15, -0.1) is 11.3 Å². The number of aromatic nitrogens is 1. The minimum atomic E-state index is -0.570. The zero-order valence-corrected chi connectivity index (χ0v) is 23.0. The SMILES string of the molecule is COc1cc(Cl)cc(C(=O)Nc2ccc(Cl)cn2)c1NC(=O)c1scc(CN2C(=N)O[C@@H](C)[C@@H]2C)c1Cl. The Morgan fingerprint density at radius 1 is 1.16 bits per heavy atom. The molecule has 13 heteroatoms. The second kappa shape index (κ2) is 11.1. The van der Waals surface area contributed by atoms with Crippen LogP contribution in [0.2, 0.25) is 15.1 Å². The first kappa shape index (κ1) is 27.0. The molecular weight excluding hydrogens is 561 g/mol. The molecule has 1 fully saturated rings. The number of hydrogen-bond acceptors (Lipinski definition) is 7. The number of halogens is 3. The third-order valence-corrected chi connectivity index (χ3v) is 7.83. The number of ether oxygens (including phenoxy) is 2. The number of amides is 2. The summed E-state index contributed by atoms with van der Waals surface area (Å²) in [7, 11) is 1.40. The third-order valence-electron chi connectivity index (χ3n) is 5.82. The second-order valence-electron chi connectivity index (χ2n) is 8.20. The van der Waals surface area contributed by atoms with Gasteiger partial charge in [0.15, 0.2) is 0 Å². The van der Waals surface area contributed by atoms with Crippen LogP contribution in [0.15, 0.2) is 35.8 Å². The Morgan fingerprint density at radius 3 is 2.54 bits per heavy atom. The summed E-state index contributed by atoms with van der Waals surface area (Å²) < 4.78 is 10.9. The molecule has 3 heterocycles. The third kappa shape index (κ3) is 5.77. The van der Waals surface area contributed by atoms with Crippen LogP contribution in [-0.4, -0.2) is 47.0 Å². The fourth-order valence-corrected chi connectivity index (χ4v) is 5.24. The zero-order valence-electron chi connectivity index (χ0n) is 19.9. The van der Waals surface area contributed by atoms with Crippen LogP contribution in [0.1, 0.15) is 39.4 Å². The number of pyridine rings is 1. The molecule has 0 bridgehead atoms. The maximum Gasteiger partial charge on any atom is 0.285 e. The number of thiophene rings is 1. The smallest absolute Gasteiger partial charge is 0.285 e. The van der Waals surface area contributed by atoms with Gasteiger partial charge in [-0.25, -0.2) is 4.98 Å². The lowest BCUT2D eigenvalue weighted by molar-refractivity contribution is 0.102. The molecule has 1 aromatic carbocycles. The van der Waals surface area contributed by atoms with Gasteiger partial charge in [0.1, 0.15) is 22.5 Å². The molecule has 2 atom stereocenters.